The first-order valence-electron chi connectivity index (χ1n) is 5.60. The molecule has 0 saturated carbocycles. The van der Waals surface area contributed by atoms with Crippen LogP contribution in [0.15, 0.2) is 29.1 Å². The normalized spacial score (nSPS) is 10.2. The molecule has 2 heterocycles. The van der Waals surface area contributed by atoms with Crippen LogP contribution in [0.1, 0.15) is 12.7 Å². The lowest BCUT2D eigenvalue weighted by molar-refractivity contribution is -0.385. The Morgan fingerprint density at radius 3 is 3.00 bits per heavy atom. The first-order valence-corrected chi connectivity index (χ1v) is 5.60. The molecule has 100 valence electrons. The smallest absolute Gasteiger partial charge is 0.372 e. The SMILES string of the molecule is CCOc1ncnc(NCc2ccco2)c1[N+](=O)[O-]. The zero-order valence-corrected chi connectivity index (χ0v) is 10.2. The molecular formula is C11H12N4O4. The molecule has 0 atom stereocenters. The number of nitro groups is 1. The summed E-state index contributed by atoms with van der Waals surface area (Å²) >= 11 is 0. The van der Waals surface area contributed by atoms with Crippen LogP contribution in [0.2, 0.25) is 0 Å². The molecule has 0 aliphatic rings. The van der Waals surface area contributed by atoms with E-state index >= 15 is 0 Å². The number of rotatable bonds is 6. The van der Waals surface area contributed by atoms with Gasteiger partial charge in [-0.3, -0.25) is 10.1 Å². The van der Waals surface area contributed by atoms with Crippen LogP contribution >= 0.6 is 0 Å². The summed E-state index contributed by atoms with van der Waals surface area (Å²) in [5.41, 5.74) is -0.282. The van der Waals surface area contributed by atoms with Crippen molar-refractivity contribution < 1.29 is 14.1 Å². The molecule has 0 saturated heterocycles. The second-order valence-electron chi connectivity index (χ2n) is 3.50. The van der Waals surface area contributed by atoms with E-state index in [-0.39, 0.29) is 30.5 Å². The molecule has 1 N–H and O–H groups in total. The van der Waals surface area contributed by atoms with Gasteiger partial charge in [-0.15, -0.1) is 0 Å². The van der Waals surface area contributed by atoms with E-state index in [1.807, 2.05) is 0 Å². The zero-order chi connectivity index (χ0) is 13.7. The van der Waals surface area contributed by atoms with Crippen LogP contribution in [0.25, 0.3) is 0 Å². The standard InChI is InChI=1S/C11H12N4O4/c1-2-18-11-9(15(16)17)10(13-7-14-11)12-6-8-4-3-5-19-8/h3-5,7H,2,6H2,1H3,(H,12,13,14). The molecule has 2 aromatic rings. The Labute approximate surface area is 108 Å². The van der Waals surface area contributed by atoms with Gasteiger partial charge in [0, 0.05) is 0 Å². The summed E-state index contributed by atoms with van der Waals surface area (Å²) < 4.78 is 10.2. The van der Waals surface area contributed by atoms with Crippen molar-refractivity contribution >= 4 is 11.5 Å². The Morgan fingerprint density at radius 1 is 1.53 bits per heavy atom. The molecule has 0 spiro atoms. The Morgan fingerprint density at radius 2 is 2.37 bits per heavy atom. The van der Waals surface area contributed by atoms with E-state index in [1.165, 1.54) is 12.6 Å². The maximum Gasteiger partial charge on any atom is 0.372 e. The van der Waals surface area contributed by atoms with E-state index < -0.39 is 4.92 Å². The van der Waals surface area contributed by atoms with Crippen LogP contribution in [0, 0.1) is 10.1 Å². The Bertz CT molecular complexity index is 556. The zero-order valence-electron chi connectivity index (χ0n) is 10.2. The average molecular weight is 264 g/mol. The number of hydrogen-bond donors (Lipinski definition) is 1. The average Bonchev–Trinajstić information content (AvgIpc) is 2.89. The van der Waals surface area contributed by atoms with E-state index in [9.17, 15) is 10.1 Å². The van der Waals surface area contributed by atoms with E-state index in [2.05, 4.69) is 15.3 Å². The van der Waals surface area contributed by atoms with Crippen LogP contribution in [0.3, 0.4) is 0 Å². The van der Waals surface area contributed by atoms with Crippen LogP contribution in [-0.2, 0) is 6.54 Å². The third kappa shape index (κ3) is 2.97. The highest BCUT2D eigenvalue weighted by molar-refractivity contribution is 5.61. The van der Waals surface area contributed by atoms with Crippen molar-refractivity contribution in [1.82, 2.24) is 9.97 Å². The van der Waals surface area contributed by atoms with E-state index in [1.54, 1.807) is 19.1 Å². The van der Waals surface area contributed by atoms with Gasteiger partial charge in [-0.25, -0.2) is 4.98 Å². The Kier molecular flexibility index (Phi) is 3.91. The van der Waals surface area contributed by atoms with Gasteiger partial charge >= 0.3 is 5.69 Å². The number of nitrogens with one attached hydrogen (secondary N) is 1. The molecule has 0 fully saturated rings. The number of ether oxygens (including phenoxy) is 1. The van der Waals surface area contributed by atoms with Gasteiger partial charge in [0.25, 0.3) is 5.88 Å². The fourth-order valence-electron chi connectivity index (χ4n) is 1.48. The fraction of sp³-hybridized carbons (Fsp3) is 0.273. The van der Waals surface area contributed by atoms with Gasteiger partial charge in [0.1, 0.15) is 12.1 Å². The predicted molar refractivity (Wildman–Crippen MR) is 65.9 cm³/mol. The van der Waals surface area contributed by atoms with Crippen LogP contribution in [-0.4, -0.2) is 21.5 Å². The minimum absolute atomic E-state index is 0.0514. The van der Waals surface area contributed by atoms with E-state index in [4.69, 9.17) is 9.15 Å². The molecule has 19 heavy (non-hydrogen) atoms. The third-order valence-electron chi connectivity index (χ3n) is 2.26. The van der Waals surface area contributed by atoms with Crippen LogP contribution in [0.5, 0.6) is 5.88 Å². The second kappa shape index (κ2) is 5.80. The van der Waals surface area contributed by atoms with Gasteiger partial charge in [-0.05, 0) is 19.1 Å². The van der Waals surface area contributed by atoms with Crippen LogP contribution in [0.4, 0.5) is 11.5 Å². The molecule has 0 amide bonds. The molecule has 0 aliphatic heterocycles. The summed E-state index contributed by atoms with van der Waals surface area (Å²) in [6.45, 7) is 2.30. The molecule has 2 rings (SSSR count). The van der Waals surface area contributed by atoms with Crippen molar-refractivity contribution in [3.05, 3.63) is 40.6 Å². The minimum Gasteiger partial charge on any atom is -0.473 e. The predicted octanol–water partition coefficient (Wildman–Crippen LogP) is 1.99. The lowest BCUT2D eigenvalue weighted by atomic mass is 10.4. The molecule has 8 heteroatoms. The molecule has 0 aliphatic carbocycles. The van der Waals surface area contributed by atoms with Crippen molar-refractivity contribution in [3.8, 4) is 5.88 Å². The number of nitrogens with zero attached hydrogens (tertiary/aromatic N) is 3. The maximum atomic E-state index is 11.1. The highest BCUT2D eigenvalue weighted by Gasteiger charge is 2.24. The summed E-state index contributed by atoms with van der Waals surface area (Å²) in [5, 5.41) is 13.9. The first kappa shape index (κ1) is 12.8. The van der Waals surface area contributed by atoms with Crippen molar-refractivity contribution in [2.45, 2.75) is 13.5 Å². The minimum atomic E-state index is -0.574. The summed E-state index contributed by atoms with van der Waals surface area (Å²) in [7, 11) is 0. The highest BCUT2D eigenvalue weighted by Crippen LogP contribution is 2.30. The molecule has 0 aromatic carbocycles. The fourth-order valence-corrected chi connectivity index (χ4v) is 1.48. The quantitative estimate of drug-likeness (QED) is 0.628. The van der Waals surface area contributed by atoms with Crippen molar-refractivity contribution in [2.75, 3.05) is 11.9 Å². The largest absolute Gasteiger partial charge is 0.473 e. The molecule has 0 radical (unpaired) electrons. The molecule has 8 nitrogen and oxygen atoms in total. The Hall–Kier alpha value is -2.64. The topological polar surface area (TPSA) is 103 Å². The number of furan rings is 1. The lowest BCUT2D eigenvalue weighted by Gasteiger charge is -2.07. The van der Waals surface area contributed by atoms with Gasteiger partial charge < -0.3 is 14.5 Å². The van der Waals surface area contributed by atoms with E-state index in [0.29, 0.717) is 5.76 Å². The third-order valence-corrected chi connectivity index (χ3v) is 2.26. The van der Waals surface area contributed by atoms with Gasteiger partial charge in [0.05, 0.1) is 24.3 Å². The summed E-state index contributed by atoms with van der Waals surface area (Å²) in [6, 6.07) is 3.49. The second-order valence-corrected chi connectivity index (χ2v) is 3.50. The monoisotopic (exact) mass is 264 g/mol. The number of aromatic nitrogens is 2. The number of hydrogen-bond acceptors (Lipinski definition) is 7. The van der Waals surface area contributed by atoms with Gasteiger partial charge in [0.15, 0.2) is 0 Å². The maximum absolute atomic E-state index is 11.1. The summed E-state index contributed by atoms with van der Waals surface area (Å²) in [6.07, 6.45) is 2.74. The first-order chi connectivity index (χ1) is 9.22. The van der Waals surface area contributed by atoms with Crippen molar-refractivity contribution in [3.63, 3.8) is 0 Å². The molecular weight excluding hydrogens is 252 g/mol. The lowest BCUT2D eigenvalue weighted by Crippen LogP contribution is -2.07. The molecule has 0 unspecified atom stereocenters. The Balaban J connectivity index is 2.23. The van der Waals surface area contributed by atoms with Gasteiger partial charge in [-0.1, -0.05) is 0 Å². The van der Waals surface area contributed by atoms with Crippen molar-refractivity contribution in [1.29, 1.82) is 0 Å². The van der Waals surface area contributed by atoms with Gasteiger partial charge in [0.2, 0.25) is 5.82 Å². The van der Waals surface area contributed by atoms with Crippen LogP contribution < -0.4 is 10.1 Å². The molecule has 2 aromatic heterocycles. The highest BCUT2D eigenvalue weighted by atomic mass is 16.6. The summed E-state index contributed by atoms with van der Waals surface area (Å²) in [5.74, 6) is 0.690. The van der Waals surface area contributed by atoms with Crippen molar-refractivity contribution in [2.24, 2.45) is 0 Å². The summed E-state index contributed by atoms with van der Waals surface area (Å²) in [4.78, 5) is 18.1. The van der Waals surface area contributed by atoms with E-state index in [0.717, 1.165) is 0 Å². The van der Waals surface area contributed by atoms with Gasteiger partial charge in [-0.2, -0.15) is 4.98 Å². The molecule has 0 bridgehead atoms. The number of anilines is 1.